The van der Waals surface area contributed by atoms with E-state index in [4.69, 9.17) is 0 Å². The Hall–Kier alpha value is -2.29. The first-order chi connectivity index (χ1) is 9.08. The number of carbonyl (C=O) groups excluding carboxylic acids is 1. The molecule has 1 amide bonds. The number of hydrogen-bond donors (Lipinski definition) is 1. The van der Waals surface area contributed by atoms with Crippen molar-refractivity contribution in [1.29, 1.82) is 0 Å². The Kier molecular flexibility index (Phi) is 3.85. The number of nitrogens with one attached hydrogen (secondary N) is 1. The van der Waals surface area contributed by atoms with Crippen molar-refractivity contribution in [3.63, 3.8) is 0 Å². The minimum Gasteiger partial charge on any atom is -0.364 e. The number of amides is 1. The molecule has 2 heterocycles. The smallest absolute Gasteiger partial charge is 0.364 e. The summed E-state index contributed by atoms with van der Waals surface area (Å²) in [5.74, 6) is -0.866. The van der Waals surface area contributed by atoms with Crippen LogP contribution in [-0.2, 0) is 6.54 Å². The lowest BCUT2D eigenvalue weighted by Crippen LogP contribution is -2.23. The molecule has 0 saturated heterocycles. The molecular formula is C10H7BrN4O4. The second-order valence-electron chi connectivity index (χ2n) is 3.45. The van der Waals surface area contributed by atoms with Gasteiger partial charge in [0.05, 0.1) is 16.6 Å². The fourth-order valence-corrected chi connectivity index (χ4v) is 1.69. The molecule has 2 rings (SSSR count). The van der Waals surface area contributed by atoms with E-state index in [1.807, 2.05) is 0 Å². The SMILES string of the molecule is O=C(NCc1ccon1)c1cc([N+](=O)[O-])ncc1Br. The second kappa shape index (κ2) is 5.57. The van der Waals surface area contributed by atoms with Crippen molar-refractivity contribution in [2.75, 3.05) is 0 Å². The quantitative estimate of drug-likeness (QED) is 0.675. The van der Waals surface area contributed by atoms with E-state index < -0.39 is 16.6 Å². The summed E-state index contributed by atoms with van der Waals surface area (Å²) in [6, 6.07) is 2.70. The number of aromatic nitrogens is 2. The van der Waals surface area contributed by atoms with Crippen molar-refractivity contribution in [1.82, 2.24) is 15.5 Å². The number of nitro groups is 1. The molecule has 98 valence electrons. The molecule has 0 bridgehead atoms. The molecule has 19 heavy (non-hydrogen) atoms. The third-order valence-corrected chi connectivity index (χ3v) is 2.83. The summed E-state index contributed by atoms with van der Waals surface area (Å²) in [5.41, 5.74) is 0.679. The van der Waals surface area contributed by atoms with E-state index in [9.17, 15) is 14.9 Å². The van der Waals surface area contributed by atoms with E-state index in [1.165, 1.54) is 12.5 Å². The van der Waals surface area contributed by atoms with Crippen LogP contribution < -0.4 is 5.32 Å². The molecule has 0 aliphatic heterocycles. The normalized spacial score (nSPS) is 10.2. The van der Waals surface area contributed by atoms with Crippen LogP contribution in [0.5, 0.6) is 0 Å². The third-order valence-electron chi connectivity index (χ3n) is 2.19. The molecule has 0 fully saturated rings. The van der Waals surface area contributed by atoms with E-state index in [2.05, 4.69) is 35.9 Å². The molecular weight excluding hydrogens is 320 g/mol. The van der Waals surface area contributed by atoms with Crippen molar-refractivity contribution >= 4 is 27.7 Å². The predicted molar refractivity (Wildman–Crippen MR) is 66.3 cm³/mol. The molecule has 9 heteroatoms. The van der Waals surface area contributed by atoms with Gasteiger partial charge in [-0.15, -0.1) is 0 Å². The van der Waals surface area contributed by atoms with Gasteiger partial charge in [-0.2, -0.15) is 0 Å². The fraction of sp³-hybridized carbons (Fsp3) is 0.100. The van der Waals surface area contributed by atoms with Crippen LogP contribution in [0.4, 0.5) is 5.82 Å². The number of pyridine rings is 1. The van der Waals surface area contributed by atoms with Gasteiger partial charge in [-0.25, -0.2) is 0 Å². The highest BCUT2D eigenvalue weighted by molar-refractivity contribution is 9.10. The van der Waals surface area contributed by atoms with Gasteiger partial charge in [-0.3, -0.25) is 4.79 Å². The summed E-state index contributed by atoms with van der Waals surface area (Å²) < 4.78 is 4.99. The van der Waals surface area contributed by atoms with E-state index in [-0.39, 0.29) is 12.1 Å². The number of carbonyl (C=O) groups is 1. The fourth-order valence-electron chi connectivity index (χ4n) is 1.30. The minimum absolute atomic E-state index is 0.130. The first-order valence-electron chi connectivity index (χ1n) is 5.05. The lowest BCUT2D eigenvalue weighted by Gasteiger charge is -2.04. The maximum Gasteiger partial charge on any atom is 0.364 e. The van der Waals surface area contributed by atoms with Crippen LogP contribution in [0.2, 0.25) is 0 Å². The van der Waals surface area contributed by atoms with Gasteiger partial charge in [0, 0.05) is 12.1 Å². The van der Waals surface area contributed by atoms with Gasteiger partial charge in [-0.1, -0.05) is 5.16 Å². The zero-order chi connectivity index (χ0) is 13.8. The highest BCUT2D eigenvalue weighted by Gasteiger charge is 2.17. The molecule has 0 unspecified atom stereocenters. The van der Waals surface area contributed by atoms with Gasteiger partial charge in [0.1, 0.15) is 12.0 Å². The van der Waals surface area contributed by atoms with E-state index in [0.29, 0.717) is 10.2 Å². The number of nitrogens with zero attached hydrogens (tertiary/aromatic N) is 3. The molecule has 0 atom stereocenters. The molecule has 0 spiro atoms. The highest BCUT2D eigenvalue weighted by Crippen LogP contribution is 2.19. The van der Waals surface area contributed by atoms with Gasteiger partial charge in [0.15, 0.2) is 6.20 Å². The van der Waals surface area contributed by atoms with Gasteiger partial charge >= 0.3 is 5.82 Å². The average Bonchev–Trinajstić information content (AvgIpc) is 2.89. The Morgan fingerprint density at radius 3 is 3.00 bits per heavy atom. The molecule has 2 aromatic rings. The highest BCUT2D eigenvalue weighted by atomic mass is 79.9. The van der Waals surface area contributed by atoms with Gasteiger partial charge in [0.2, 0.25) is 0 Å². The minimum atomic E-state index is -0.666. The topological polar surface area (TPSA) is 111 Å². The molecule has 0 saturated carbocycles. The summed E-state index contributed by atoms with van der Waals surface area (Å²) in [4.78, 5) is 25.4. The summed E-state index contributed by atoms with van der Waals surface area (Å²) in [5, 5.41) is 16.8. The van der Waals surface area contributed by atoms with Gasteiger partial charge < -0.3 is 20.0 Å². The number of hydrogen-bond acceptors (Lipinski definition) is 6. The average molecular weight is 327 g/mol. The van der Waals surface area contributed by atoms with Crippen LogP contribution in [0.3, 0.4) is 0 Å². The molecule has 0 aliphatic carbocycles. The molecule has 0 radical (unpaired) electrons. The van der Waals surface area contributed by atoms with E-state index >= 15 is 0 Å². The monoisotopic (exact) mass is 326 g/mol. The maximum atomic E-state index is 11.9. The van der Waals surface area contributed by atoms with Crippen molar-refractivity contribution in [3.8, 4) is 0 Å². The maximum absolute atomic E-state index is 11.9. The standard InChI is InChI=1S/C10H7BrN4O4/c11-8-5-12-9(15(17)18)3-7(8)10(16)13-4-6-1-2-19-14-6/h1-3,5H,4H2,(H,13,16). The Morgan fingerprint density at radius 1 is 1.58 bits per heavy atom. The lowest BCUT2D eigenvalue weighted by atomic mass is 10.2. The van der Waals surface area contributed by atoms with E-state index in [0.717, 1.165) is 6.07 Å². The van der Waals surface area contributed by atoms with Crippen LogP contribution in [0.25, 0.3) is 0 Å². The summed E-state index contributed by atoms with van der Waals surface area (Å²) >= 11 is 3.12. The van der Waals surface area contributed by atoms with Gasteiger partial charge in [-0.05, 0) is 25.8 Å². The van der Waals surface area contributed by atoms with Crippen LogP contribution >= 0.6 is 15.9 Å². The summed E-state index contributed by atoms with van der Waals surface area (Å²) in [6.45, 7) is 0.165. The number of rotatable bonds is 4. The molecule has 0 aliphatic rings. The predicted octanol–water partition coefficient (Wildman–Crippen LogP) is 1.67. The van der Waals surface area contributed by atoms with Crippen molar-refractivity contribution in [2.24, 2.45) is 0 Å². The van der Waals surface area contributed by atoms with E-state index in [1.54, 1.807) is 6.07 Å². The van der Waals surface area contributed by atoms with Crippen molar-refractivity contribution < 1.29 is 14.2 Å². The van der Waals surface area contributed by atoms with Crippen LogP contribution in [0.1, 0.15) is 16.1 Å². The summed E-state index contributed by atoms with van der Waals surface area (Å²) in [7, 11) is 0. The van der Waals surface area contributed by atoms with Crippen LogP contribution in [0.15, 0.2) is 33.6 Å². The van der Waals surface area contributed by atoms with Crippen molar-refractivity contribution in [3.05, 3.63) is 50.4 Å². The Balaban J connectivity index is 2.14. The molecule has 2 aromatic heterocycles. The molecule has 1 N–H and O–H groups in total. The van der Waals surface area contributed by atoms with Crippen LogP contribution in [0, 0.1) is 10.1 Å². The first kappa shape index (κ1) is 13.1. The molecule has 8 nitrogen and oxygen atoms in total. The van der Waals surface area contributed by atoms with Crippen molar-refractivity contribution in [2.45, 2.75) is 6.54 Å². The second-order valence-corrected chi connectivity index (χ2v) is 4.31. The largest absolute Gasteiger partial charge is 0.364 e. The van der Waals surface area contributed by atoms with Crippen LogP contribution in [-0.4, -0.2) is 21.0 Å². The zero-order valence-corrected chi connectivity index (χ0v) is 11.0. The Morgan fingerprint density at radius 2 is 2.37 bits per heavy atom. The Bertz CT molecular complexity index is 614. The lowest BCUT2D eigenvalue weighted by molar-refractivity contribution is -0.389. The zero-order valence-electron chi connectivity index (χ0n) is 9.37. The number of halogens is 1. The molecule has 0 aromatic carbocycles. The third kappa shape index (κ3) is 3.13. The summed E-state index contributed by atoms with van der Waals surface area (Å²) in [6.07, 6.45) is 2.60. The Labute approximate surface area is 115 Å². The van der Waals surface area contributed by atoms with Gasteiger partial charge in [0.25, 0.3) is 5.91 Å². The first-order valence-corrected chi connectivity index (χ1v) is 5.84.